The van der Waals surface area contributed by atoms with Gasteiger partial charge in [-0.2, -0.15) is 0 Å². The molecule has 1 aromatic rings. The average Bonchev–Trinajstić information content (AvgIpc) is 2.38. The lowest BCUT2D eigenvalue weighted by atomic mass is 10.1. The molecule has 1 rings (SSSR count). The highest BCUT2D eigenvalue weighted by Gasteiger charge is 2.18. The number of hydrogen-bond donors (Lipinski definition) is 0. The Morgan fingerprint density at radius 2 is 2.00 bits per heavy atom. The van der Waals surface area contributed by atoms with Gasteiger partial charge in [0.2, 0.25) is 0 Å². The lowest BCUT2D eigenvalue weighted by Gasteiger charge is -2.20. The van der Waals surface area contributed by atoms with Crippen molar-refractivity contribution in [3.63, 3.8) is 0 Å². The number of hydrogen-bond acceptors (Lipinski definition) is 1. The van der Waals surface area contributed by atoms with Crippen molar-refractivity contribution in [3.8, 4) is 0 Å². The molecule has 0 saturated heterocycles. The minimum atomic E-state index is -0.174. The Hall–Kier alpha value is -1.80. The van der Waals surface area contributed by atoms with Gasteiger partial charge in [-0.05, 0) is 31.6 Å². The number of allylic oxidation sites excluding steroid dienone is 3. The van der Waals surface area contributed by atoms with E-state index in [1.807, 2.05) is 44.2 Å². The molecule has 0 unspecified atom stereocenters. The van der Waals surface area contributed by atoms with Gasteiger partial charge in [-0.15, -0.1) is 0 Å². The molecule has 1 aromatic carbocycles. The maximum absolute atomic E-state index is 12.4. The molecule has 0 radical (unpaired) electrons. The van der Waals surface area contributed by atoms with Crippen LogP contribution in [0.4, 0.5) is 5.69 Å². The standard InChI is InChI=1S/C16H18ClNO/c1-5-6-10-14(13(3)17)16(19)18(4)15-11-8-7-9-12(15)2/h5-11H,3H2,1-2,4H3/b6-5-,14-10+. The number of carbonyl (C=O) groups is 1. The van der Waals surface area contributed by atoms with Crippen LogP contribution < -0.4 is 4.90 Å². The summed E-state index contributed by atoms with van der Waals surface area (Å²) in [6.45, 7) is 7.48. The molecule has 0 atom stereocenters. The van der Waals surface area contributed by atoms with E-state index in [-0.39, 0.29) is 10.9 Å². The first kappa shape index (κ1) is 15.3. The monoisotopic (exact) mass is 275 g/mol. The van der Waals surface area contributed by atoms with Crippen LogP contribution in [0.2, 0.25) is 0 Å². The fourth-order valence-electron chi connectivity index (χ4n) is 1.70. The minimum absolute atomic E-state index is 0.174. The average molecular weight is 276 g/mol. The summed E-state index contributed by atoms with van der Waals surface area (Å²) < 4.78 is 0. The number of rotatable bonds is 4. The number of amides is 1. The Kier molecular flexibility index (Phi) is 5.58. The van der Waals surface area contributed by atoms with Gasteiger partial charge < -0.3 is 4.90 Å². The van der Waals surface area contributed by atoms with Crippen LogP contribution in [0.25, 0.3) is 0 Å². The number of benzene rings is 1. The van der Waals surface area contributed by atoms with Crippen LogP contribution in [-0.4, -0.2) is 13.0 Å². The molecule has 0 bridgehead atoms. The van der Waals surface area contributed by atoms with Gasteiger partial charge in [-0.3, -0.25) is 4.79 Å². The third-order valence-electron chi connectivity index (χ3n) is 2.76. The van der Waals surface area contributed by atoms with Gasteiger partial charge in [0.25, 0.3) is 5.91 Å². The summed E-state index contributed by atoms with van der Waals surface area (Å²) in [6, 6.07) is 7.70. The summed E-state index contributed by atoms with van der Waals surface area (Å²) in [7, 11) is 1.73. The molecule has 0 aliphatic rings. The van der Waals surface area contributed by atoms with E-state index >= 15 is 0 Å². The van der Waals surface area contributed by atoms with Crippen LogP contribution in [-0.2, 0) is 4.79 Å². The fraction of sp³-hybridized carbons (Fsp3) is 0.188. The molecule has 3 heteroatoms. The van der Waals surface area contributed by atoms with Gasteiger partial charge in [0, 0.05) is 17.8 Å². The van der Waals surface area contributed by atoms with Gasteiger partial charge in [0.05, 0.1) is 5.57 Å². The SMILES string of the molecule is C=C(Cl)/C(=C\C=C/C)C(=O)N(C)c1ccccc1C. The van der Waals surface area contributed by atoms with Crippen molar-refractivity contribution < 1.29 is 4.79 Å². The van der Waals surface area contributed by atoms with E-state index in [1.165, 1.54) is 0 Å². The Morgan fingerprint density at radius 3 is 2.53 bits per heavy atom. The van der Waals surface area contributed by atoms with Crippen LogP contribution in [0.15, 0.2) is 59.7 Å². The van der Waals surface area contributed by atoms with E-state index < -0.39 is 0 Å². The predicted molar refractivity (Wildman–Crippen MR) is 82.5 cm³/mol. The second-order valence-electron chi connectivity index (χ2n) is 4.16. The van der Waals surface area contributed by atoms with E-state index in [0.717, 1.165) is 11.3 Å². The fourth-order valence-corrected chi connectivity index (χ4v) is 1.84. The highest BCUT2D eigenvalue weighted by atomic mass is 35.5. The molecule has 19 heavy (non-hydrogen) atoms. The van der Waals surface area contributed by atoms with E-state index in [4.69, 9.17) is 11.6 Å². The van der Waals surface area contributed by atoms with E-state index in [1.54, 1.807) is 24.1 Å². The molecule has 1 amide bonds. The van der Waals surface area contributed by atoms with Crippen molar-refractivity contribution in [2.75, 3.05) is 11.9 Å². The number of para-hydroxylation sites is 1. The molecule has 0 N–H and O–H groups in total. The topological polar surface area (TPSA) is 20.3 Å². The maximum Gasteiger partial charge on any atom is 0.259 e. The van der Waals surface area contributed by atoms with Crippen LogP contribution in [0.5, 0.6) is 0 Å². The Labute approximate surface area is 119 Å². The van der Waals surface area contributed by atoms with Gasteiger partial charge in [-0.1, -0.05) is 48.5 Å². The zero-order chi connectivity index (χ0) is 14.4. The van der Waals surface area contributed by atoms with Crippen molar-refractivity contribution in [2.45, 2.75) is 13.8 Å². The summed E-state index contributed by atoms with van der Waals surface area (Å²) in [6.07, 6.45) is 5.28. The second-order valence-corrected chi connectivity index (χ2v) is 4.62. The summed E-state index contributed by atoms with van der Waals surface area (Å²) >= 11 is 5.90. The number of halogens is 1. The van der Waals surface area contributed by atoms with Crippen molar-refractivity contribution >= 4 is 23.2 Å². The summed E-state index contributed by atoms with van der Waals surface area (Å²) in [4.78, 5) is 14.0. The third kappa shape index (κ3) is 3.83. The first-order chi connectivity index (χ1) is 8.99. The van der Waals surface area contributed by atoms with Gasteiger partial charge in [0.1, 0.15) is 0 Å². The van der Waals surface area contributed by atoms with Crippen molar-refractivity contribution in [1.82, 2.24) is 0 Å². The molecule has 0 aliphatic heterocycles. The smallest absolute Gasteiger partial charge is 0.259 e. The van der Waals surface area contributed by atoms with Crippen molar-refractivity contribution in [1.29, 1.82) is 0 Å². The van der Waals surface area contributed by atoms with Crippen LogP contribution in [0.1, 0.15) is 12.5 Å². The zero-order valence-electron chi connectivity index (χ0n) is 11.5. The Morgan fingerprint density at radius 1 is 1.37 bits per heavy atom. The summed E-state index contributed by atoms with van der Waals surface area (Å²) in [5.41, 5.74) is 2.28. The first-order valence-electron chi connectivity index (χ1n) is 6.00. The van der Waals surface area contributed by atoms with Gasteiger partial charge >= 0.3 is 0 Å². The molecule has 0 aliphatic carbocycles. The highest BCUT2D eigenvalue weighted by Crippen LogP contribution is 2.22. The van der Waals surface area contributed by atoms with Crippen LogP contribution in [0.3, 0.4) is 0 Å². The molecule has 0 aromatic heterocycles. The predicted octanol–water partition coefficient (Wildman–Crippen LogP) is 4.21. The quantitative estimate of drug-likeness (QED) is 0.595. The molecule has 0 fully saturated rings. The minimum Gasteiger partial charge on any atom is -0.311 e. The summed E-state index contributed by atoms with van der Waals surface area (Å²) in [5.74, 6) is -0.174. The molecular formula is C16H18ClNO. The van der Waals surface area contributed by atoms with E-state index in [9.17, 15) is 4.79 Å². The zero-order valence-corrected chi connectivity index (χ0v) is 12.2. The van der Waals surface area contributed by atoms with Crippen molar-refractivity contribution in [2.24, 2.45) is 0 Å². The van der Waals surface area contributed by atoms with Crippen LogP contribution in [0, 0.1) is 6.92 Å². The number of aryl methyl sites for hydroxylation is 1. The van der Waals surface area contributed by atoms with Gasteiger partial charge in [0.15, 0.2) is 0 Å². The Bertz CT molecular complexity index is 543. The number of carbonyl (C=O) groups excluding carboxylic acids is 1. The molecule has 0 saturated carbocycles. The molecule has 100 valence electrons. The van der Waals surface area contributed by atoms with Gasteiger partial charge in [-0.25, -0.2) is 0 Å². The normalized spacial score (nSPS) is 11.7. The second kappa shape index (κ2) is 6.95. The first-order valence-corrected chi connectivity index (χ1v) is 6.38. The van der Waals surface area contributed by atoms with Crippen molar-refractivity contribution in [3.05, 3.63) is 65.2 Å². The van der Waals surface area contributed by atoms with E-state index in [0.29, 0.717) is 5.57 Å². The third-order valence-corrected chi connectivity index (χ3v) is 2.96. The maximum atomic E-state index is 12.4. The molecular weight excluding hydrogens is 258 g/mol. The summed E-state index contributed by atoms with van der Waals surface area (Å²) in [5, 5.41) is 0.239. The molecule has 0 heterocycles. The number of anilines is 1. The highest BCUT2D eigenvalue weighted by molar-refractivity contribution is 6.36. The number of nitrogens with zero attached hydrogens (tertiary/aromatic N) is 1. The van der Waals surface area contributed by atoms with Crippen LogP contribution >= 0.6 is 11.6 Å². The molecule has 2 nitrogen and oxygen atoms in total. The van der Waals surface area contributed by atoms with E-state index in [2.05, 4.69) is 6.58 Å². The largest absolute Gasteiger partial charge is 0.311 e. The number of likely N-dealkylation sites (N-methyl/N-ethyl adjacent to an activating group) is 1. The lowest BCUT2D eigenvalue weighted by Crippen LogP contribution is -2.28. The molecule has 0 spiro atoms. The Balaban J connectivity index is 3.11. The lowest BCUT2D eigenvalue weighted by molar-refractivity contribution is -0.114.